The van der Waals surface area contributed by atoms with Crippen molar-refractivity contribution in [1.29, 1.82) is 0 Å². The summed E-state index contributed by atoms with van der Waals surface area (Å²) in [6.07, 6.45) is 7.44. The third kappa shape index (κ3) is 3.10. The Hall–Kier alpha value is -1.65. The van der Waals surface area contributed by atoms with Crippen LogP contribution in [0.4, 0.5) is 5.82 Å². The molecule has 5 heteroatoms. The summed E-state index contributed by atoms with van der Waals surface area (Å²) in [7, 11) is 0. The fraction of sp³-hybridized carbons (Fsp3) is 0.762. The fourth-order valence-corrected chi connectivity index (χ4v) is 4.76. The van der Waals surface area contributed by atoms with Gasteiger partial charge in [-0.2, -0.15) is 0 Å². The normalized spacial score (nSPS) is 28.7. The molecule has 1 unspecified atom stereocenters. The maximum Gasteiger partial charge on any atom is 0.223 e. The molecular formula is C21H32N4O. The smallest absolute Gasteiger partial charge is 0.223 e. The lowest BCUT2D eigenvalue weighted by molar-refractivity contribution is -0.125. The first-order chi connectivity index (χ1) is 12.3. The van der Waals surface area contributed by atoms with Crippen LogP contribution in [0.15, 0.2) is 12.4 Å². The van der Waals surface area contributed by atoms with Crippen LogP contribution < -0.4 is 10.2 Å². The molecule has 1 spiro atoms. The topological polar surface area (TPSA) is 58.1 Å². The molecule has 26 heavy (non-hydrogen) atoms. The minimum Gasteiger partial charge on any atom is -0.356 e. The number of hydrogen-bond donors (Lipinski definition) is 1. The van der Waals surface area contributed by atoms with E-state index in [1.807, 2.05) is 0 Å². The van der Waals surface area contributed by atoms with Crippen molar-refractivity contribution >= 4 is 11.7 Å². The molecule has 1 N–H and O–H groups in total. The van der Waals surface area contributed by atoms with Crippen molar-refractivity contribution in [2.45, 2.75) is 71.8 Å². The van der Waals surface area contributed by atoms with Crippen LogP contribution in [-0.2, 0) is 4.79 Å². The van der Waals surface area contributed by atoms with Gasteiger partial charge in [-0.25, -0.2) is 9.97 Å². The van der Waals surface area contributed by atoms with Gasteiger partial charge < -0.3 is 10.2 Å². The number of anilines is 1. The molecule has 1 aliphatic heterocycles. The number of carbonyl (C=O) groups is 1. The average molecular weight is 357 g/mol. The zero-order valence-electron chi connectivity index (χ0n) is 16.6. The van der Waals surface area contributed by atoms with Crippen molar-refractivity contribution in [3.8, 4) is 0 Å². The minimum absolute atomic E-state index is 0.200. The van der Waals surface area contributed by atoms with Gasteiger partial charge in [0.1, 0.15) is 12.1 Å². The monoisotopic (exact) mass is 356 g/mol. The lowest BCUT2D eigenvalue weighted by Crippen LogP contribution is -2.61. The van der Waals surface area contributed by atoms with Gasteiger partial charge in [0.15, 0.2) is 0 Å². The zero-order valence-corrected chi connectivity index (χ0v) is 16.6. The van der Waals surface area contributed by atoms with Gasteiger partial charge in [-0.15, -0.1) is 0 Å². The molecule has 1 aromatic rings. The molecule has 3 aliphatic rings. The summed E-state index contributed by atoms with van der Waals surface area (Å²) in [5, 5.41) is 3.43. The zero-order chi connectivity index (χ0) is 18.5. The van der Waals surface area contributed by atoms with Crippen LogP contribution in [0.1, 0.15) is 71.4 Å². The summed E-state index contributed by atoms with van der Waals surface area (Å²) in [4.78, 5) is 24.0. The average Bonchev–Trinajstić information content (AvgIpc) is 3.22. The standard InChI is InChI=1S/C21H32N4O/c1-14(2)16-10-18(23-13-22-16)25-9-6-17(21(12-25)7-5-8-21)24-19(26)15-11-20(15,3)4/h10,13-15,17H,5-9,11-12H2,1-4H3,(H,24,26)/t15-,17?/m1/s1. The Morgan fingerprint density at radius 1 is 1.31 bits per heavy atom. The third-order valence-electron chi connectivity index (χ3n) is 7.02. The largest absolute Gasteiger partial charge is 0.356 e. The van der Waals surface area contributed by atoms with Crippen molar-refractivity contribution in [3.63, 3.8) is 0 Å². The van der Waals surface area contributed by atoms with Gasteiger partial charge in [-0.1, -0.05) is 34.1 Å². The van der Waals surface area contributed by atoms with Crippen LogP contribution in [0.2, 0.25) is 0 Å². The summed E-state index contributed by atoms with van der Waals surface area (Å²) in [6.45, 7) is 10.7. The Morgan fingerprint density at radius 3 is 2.62 bits per heavy atom. The van der Waals surface area contributed by atoms with Gasteiger partial charge in [0.05, 0.1) is 0 Å². The van der Waals surface area contributed by atoms with Crippen molar-refractivity contribution < 1.29 is 4.79 Å². The van der Waals surface area contributed by atoms with Crippen LogP contribution in [-0.4, -0.2) is 35.0 Å². The summed E-state index contributed by atoms with van der Waals surface area (Å²) in [5.41, 5.74) is 1.53. The van der Waals surface area contributed by atoms with Crippen molar-refractivity contribution in [3.05, 3.63) is 18.1 Å². The van der Waals surface area contributed by atoms with Gasteiger partial charge in [0, 0.05) is 42.2 Å². The first-order valence-corrected chi connectivity index (χ1v) is 10.2. The van der Waals surface area contributed by atoms with Gasteiger partial charge >= 0.3 is 0 Å². The molecule has 0 radical (unpaired) electrons. The van der Waals surface area contributed by atoms with E-state index < -0.39 is 0 Å². The van der Waals surface area contributed by atoms with Crippen LogP contribution in [0, 0.1) is 16.7 Å². The highest BCUT2D eigenvalue weighted by Crippen LogP contribution is 2.53. The number of piperidine rings is 1. The second-order valence-electron chi connectivity index (χ2n) is 9.69. The molecule has 2 heterocycles. The predicted molar refractivity (Wildman–Crippen MR) is 103 cm³/mol. The molecule has 5 nitrogen and oxygen atoms in total. The second-order valence-corrected chi connectivity index (χ2v) is 9.69. The van der Waals surface area contributed by atoms with E-state index in [4.69, 9.17) is 0 Å². The Morgan fingerprint density at radius 2 is 2.04 bits per heavy atom. The third-order valence-corrected chi connectivity index (χ3v) is 7.02. The number of hydrogen-bond acceptors (Lipinski definition) is 4. The molecule has 0 bridgehead atoms. The Kier molecular flexibility index (Phi) is 4.24. The molecule has 3 fully saturated rings. The van der Waals surface area contributed by atoms with E-state index in [1.54, 1.807) is 6.33 Å². The van der Waals surface area contributed by atoms with Crippen LogP contribution >= 0.6 is 0 Å². The Labute approximate surface area is 157 Å². The number of amides is 1. The minimum atomic E-state index is 0.200. The lowest BCUT2D eigenvalue weighted by atomic mass is 9.61. The summed E-state index contributed by atoms with van der Waals surface area (Å²) in [5.74, 6) is 1.95. The quantitative estimate of drug-likeness (QED) is 0.897. The van der Waals surface area contributed by atoms with E-state index in [2.05, 4.69) is 53.9 Å². The molecular weight excluding hydrogens is 324 g/mol. The number of rotatable bonds is 4. The fourth-order valence-electron chi connectivity index (χ4n) is 4.76. The van der Waals surface area contributed by atoms with Crippen molar-refractivity contribution in [1.82, 2.24) is 15.3 Å². The van der Waals surface area contributed by atoms with Crippen LogP contribution in [0.3, 0.4) is 0 Å². The van der Waals surface area contributed by atoms with Gasteiger partial charge in [0.25, 0.3) is 0 Å². The van der Waals surface area contributed by atoms with Crippen molar-refractivity contribution in [2.75, 3.05) is 18.0 Å². The van der Waals surface area contributed by atoms with Gasteiger partial charge in [-0.05, 0) is 37.0 Å². The van der Waals surface area contributed by atoms with E-state index in [1.165, 1.54) is 19.3 Å². The van der Waals surface area contributed by atoms with Gasteiger partial charge in [0.2, 0.25) is 5.91 Å². The highest BCUT2D eigenvalue weighted by molar-refractivity contribution is 5.82. The first kappa shape index (κ1) is 17.7. The molecule has 2 atom stereocenters. The van der Waals surface area contributed by atoms with E-state index >= 15 is 0 Å². The number of carbonyl (C=O) groups excluding carboxylic acids is 1. The highest BCUT2D eigenvalue weighted by Gasteiger charge is 2.53. The molecule has 1 saturated heterocycles. The highest BCUT2D eigenvalue weighted by atomic mass is 16.2. The number of nitrogens with one attached hydrogen (secondary N) is 1. The maximum atomic E-state index is 12.6. The lowest BCUT2D eigenvalue weighted by Gasteiger charge is -2.54. The van der Waals surface area contributed by atoms with Crippen LogP contribution in [0.5, 0.6) is 0 Å². The van der Waals surface area contributed by atoms with E-state index in [0.29, 0.717) is 12.0 Å². The summed E-state index contributed by atoms with van der Waals surface area (Å²) in [6, 6.07) is 2.46. The summed E-state index contributed by atoms with van der Waals surface area (Å²) < 4.78 is 0. The molecule has 4 rings (SSSR count). The van der Waals surface area contributed by atoms with E-state index in [0.717, 1.165) is 37.4 Å². The van der Waals surface area contributed by atoms with E-state index in [9.17, 15) is 4.79 Å². The molecule has 2 saturated carbocycles. The Balaban J connectivity index is 1.46. The van der Waals surface area contributed by atoms with Gasteiger partial charge in [-0.3, -0.25) is 4.79 Å². The predicted octanol–water partition coefficient (Wildman–Crippen LogP) is 3.51. The molecule has 142 valence electrons. The molecule has 1 amide bonds. The SMILES string of the molecule is CC(C)c1cc(N2CCC(NC(=O)[C@H]3CC3(C)C)C3(CCC3)C2)ncn1. The Bertz CT molecular complexity index is 695. The summed E-state index contributed by atoms with van der Waals surface area (Å²) >= 11 is 0. The molecule has 1 aromatic heterocycles. The number of aromatic nitrogens is 2. The first-order valence-electron chi connectivity index (χ1n) is 10.2. The van der Waals surface area contributed by atoms with E-state index in [-0.39, 0.29) is 22.7 Å². The second kappa shape index (κ2) is 6.21. The van der Waals surface area contributed by atoms with Crippen molar-refractivity contribution in [2.24, 2.45) is 16.7 Å². The number of nitrogens with zero attached hydrogens (tertiary/aromatic N) is 3. The molecule has 0 aromatic carbocycles. The van der Waals surface area contributed by atoms with Crippen LogP contribution in [0.25, 0.3) is 0 Å². The molecule has 2 aliphatic carbocycles. The maximum absolute atomic E-state index is 12.6.